The summed E-state index contributed by atoms with van der Waals surface area (Å²) in [5, 5.41) is 9.32. The monoisotopic (exact) mass is 485 g/mol. The Balaban J connectivity index is 1.54. The number of benzene rings is 2. The van der Waals surface area contributed by atoms with Crippen LogP contribution in [0.3, 0.4) is 0 Å². The van der Waals surface area contributed by atoms with Crippen molar-refractivity contribution in [2.45, 2.75) is 54.8 Å². The summed E-state index contributed by atoms with van der Waals surface area (Å²) in [5.74, 6) is -0.308. The van der Waals surface area contributed by atoms with Gasteiger partial charge in [-0.25, -0.2) is 4.79 Å². The fourth-order valence-corrected chi connectivity index (χ4v) is 5.68. The Morgan fingerprint density at radius 2 is 1.65 bits per heavy atom. The van der Waals surface area contributed by atoms with Gasteiger partial charge in [0.1, 0.15) is 0 Å². The molecule has 0 unspecified atom stereocenters. The van der Waals surface area contributed by atoms with E-state index in [0.29, 0.717) is 17.2 Å². The number of hydrogen-bond acceptors (Lipinski definition) is 3. The van der Waals surface area contributed by atoms with Gasteiger partial charge in [0, 0.05) is 21.9 Å². The summed E-state index contributed by atoms with van der Waals surface area (Å²) in [7, 11) is 0. The highest BCUT2D eigenvalue weighted by Crippen LogP contribution is 2.43. The number of carbonyl (C=O) groups is 1. The minimum absolute atomic E-state index is 0.160. The first-order valence-electron chi connectivity index (χ1n) is 11.4. The average Bonchev–Trinajstić information content (AvgIpc) is 2.84. The lowest BCUT2D eigenvalue weighted by Crippen LogP contribution is -2.10. The summed E-state index contributed by atoms with van der Waals surface area (Å²) >= 11 is 1.70. The van der Waals surface area contributed by atoms with Gasteiger partial charge in [0.25, 0.3) is 0 Å². The van der Waals surface area contributed by atoms with Crippen molar-refractivity contribution < 1.29 is 23.1 Å². The average molecular weight is 486 g/mol. The minimum Gasteiger partial charge on any atom is -0.478 e. The lowest BCUT2D eigenvalue weighted by Gasteiger charge is -2.26. The molecule has 34 heavy (non-hydrogen) atoms. The van der Waals surface area contributed by atoms with E-state index in [1.54, 1.807) is 23.9 Å². The molecule has 1 atom stereocenters. The third-order valence-corrected chi connectivity index (χ3v) is 7.61. The maximum absolute atomic E-state index is 12.8. The van der Waals surface area contributed by atoms with Crippen LogP contribution in [-0.4, -0.2) is 16.1 Å². The molecule has 1 saturated carbocycles. The van der Waals surface area contributed by atoms with E-state index in [0.717, 1.165) is 29.0 Å². The van der Waals surface area contributed by atoms with Gasteiger partial charge in [-0.2, -0.15) is 13.2 Å². The second-order valence-electron chi connectivity index (χ2n) is 8.73. The fraction of sp³-hybridized carbons (Fsp3) is 0.333. The number of hydrogen-bond donors (Lipinski definition) is 1. The molecular weight excluding hydrogens is 459 g/mol. The van der Waals surface area contributed by atoms with Crippen LogP contribution < -0.4 is 0 Å². The Hall–Kier alpha value is -2.80. The van der Waals surface area contributed by atoms with E-state index in [2.05, 4.69) is 4.98 Å². The van der Waals surface area contributed by atoms with Crippen LogP contribution in [0.25, 0.3) is 11.3 Å². The van der Waals surface area contributed by atoms with Crippen LogP contribution in [0.15, 0.2) is 71.8 Å². The molecule has 0 amide bonds. The van der Waals surface area contributed by atoms with Crippen molar-refractivity contribution in [2.75, 3.05) is 0 Å². The smallest absolute Gasteiger partial charge is 0.416 e. The van der Waals surface area contributed by atoms with Crippen LogP contribution in [0.2, 0.25) is 0 Å². The molecule has 0 saturated heterocycles. The number of halogens is 3. The summed E-state index contributed by atoms with van der Waals surface area (Å²) < 4.78 is 38.5. The number of carboxylic acid groups (broad SMARTS) is 1. The quantitative estimate of drug-likeness (QED) is 0.342. The van der Waals surface area contributed by atoms with E-state index >= 15 is 0 Å². The van der Waals surface area contributed by atoms with Crippen molar-refractivity contribution in [3.05, 3.63) is 83.6 Å². The Morgan fingerprint density at radius 3 is 2.21 bits per heavy atom. The zero-order valence-corrected chi connectivity index (χ0v) is 19.4. The predicted octanol–water partition coefficient (Wildman–Crippen LogP) is 8.27. The zero-order valence-electron chi connectivity index (χ0n) is 18.6. The van der Waals surface area contributed by atoms with Gasteiger partial charge in [0.2, 0.25) is 0 Å². The molecule has 1 aliphatic carbocycles. The van der Waals surface area contributed by atoms with E-state index in [-0.39, 0.29) is 10.8 Å². The van der Waals surface area contributed by atoms with Crippen molar-refractivity contribution in [1.29, 1.82) is 0 Å². The van der Waals surface area contributed by atoms with Gasteiger partial charge >= 0.3 is 12.1 Å². The van der Waals surface area contributed by atoms with Gasteiger partial charge in [0.05, 0.1) is 16.8 Å². The molecule has 3 nitrogen and oxygen atoms in total. The van der Waals surface area contributed by atoms with Gasteiger partial charge in [-0.15, -0.1) is 11.8 Å². The Morgan fingerprint density at radius 1 is 0.971 bits per heavy atom. The first-order valence-corrected chi connectivity index (χ1v) is 12.3. The largest absolute Gasteiger partial charge is 0.478 e. The van der Waals surface area contributed by atoms with Crippen molar-refractivity contribution in [2.24, 2.45) is 5.92 Å². The molecule has 1 aliphatic rings. The van der Waals surface area contributed by atoms with Crippen molar-refractivity contribution in [1.82, 2.24) is 4.98 Å². The molecule has 3 aromatic rings. The first kappa shape index (κ1) is 24.3. The van der Waals surface area contributed by atoms with Crippen LogP contribution in [-0.2, 0) is 6.18 Å². The fourth-order valence-electron chi connectivity index (χ4n) is 4.41. The number of rotatable bonds is 7. The Bertz CT molecular complexity index is 1090. The molecule has 1 N–H and O–H groups in total. The van der Waals surface area contributed by atoms with Crippen LogP contribution in [0, 0.1) is 5.92 Å². The minimum atomic E-state index is -4.36. The number of alkyl halides is 3. The van der Waals surface area contributed by atoms with E-state index in [4.69, 9.17) is 5.11 Å². The highest BCUT2D eigenvalue weighted by molar-refractivity contribution is 7.99. The van der Waals surface area contributed by atoms with Gasteiger partial charge in [0.15, 0.2) is 0 Å². The van der Waals surface area contributed by atoms with Crippen LogP contribution in [0.4, 0.5) is 13.2 Å². The van der Waals surface area contributed by atoms with E-state index in [9.17, 15) is 18.0 Å². The summed E-state index contributed by atoms with van der Waals surface area (Å²) in [6, 6.07) is 15.8. The maximum Gasteiger partial charge on any atom is 0.416 e. The molecule has 1 fully saturated rings. The lowest BCUT2D eigenvalue weighted by molar-refractivity contribution is -0.137. The number of thioether (sulfide) groups is 1. The molecule has 1 heterocycles. The molecule has 0 aliphatic heterocycles. The summed E-state index contributed by atoms with van der Waals surface area (Å²) in [5.41, 5.74) is 1.92. The SMILES string of the molecule is O=C(O)c1ccc(S[C@@H](CC2CCCCC2)c2ccc(-c3ccc(C(F)(F)F)cc3)nc2)cc1. The normalized spacial score (nSPS) is 15.7. The molecule has 178 valence electrons. The third kappa shape index (κ3) is 6.20. The molecular formula is C27H26F3NO2S. The van der Waals surface area contributed by atoms with Crippen LogP contribution in [0.5, 0.6) is 0 Å². The van der Waals surface area contributed by atoms with Gasteiger partial charge in [-0.1, -0.05) is 50.3 Å². The van der Waals surface area contributed by atoms with Crippen LogP contribution in [0.1, 0.15) is 65.3 Å². The molecule has 2 aromatic carbocycles. The highest BCUT2D eigenvalue weighted by atomic mass is 32.2. The number of aromatic carboxylic acids is 1. The number of aromatic nitrogens is 1. The first-order chi connectivity index (χ1) is 16.3. The zero-order chi connectivity index (χ0) is 24.1. The van der Waals surface area contributed by atoms with E-state index in [1.807, 2.05) is 30.5 Å². The van der Waals surface area contributed by atoms with E-state index in [1.165, 1.54) is 44.2 Å². The van der Waals surface area contributed by atoms with Crippen LogP contribution >= 0.6 is 11.8 Å². The second-order valence-corrected chi connectivity index (χ2v) is 10.0. The Kier molecular flexibility index (Phi) is 7.61. The standard InChI is InChI=1S/C27H26F3NO2S/c28-27(29,30)22-11-6-19(7-12-22)24-15-10-21(17-31-24)25(16-18-4-2-1-3-5-18)34-23-13-8-20(9-14-23)26(32)33/h6-15,17-18,25H,1-5,16H2,(H,32,33)/t25-/m0/s1. The highest BCUT2D eigenvalue weighted by Gasteiger charge is 2.30. The van der Waals surface area contributed by atoms with Crippen molar-refractivity contribution >= 4 is 17.7 Å². The van der Waals surface area contributed by atoms with Gasteiger partial charge in [-0.05, 0) is 60.4 Å². The van der Waals surface area contributed by atoms with E-state index < -0.39 is 17.7 Å². The maximum atomic E-state index is 12.8. The molecule has 7 heteroatoms. The molecule has 0 radical (unpaired) electrons. The van der Waals surface area contributed by atoms with Gasteiger partial charge in [-0.3, -0.25) is 4.98 Å². The molecule has 0 bridgehead atoms. The molecule has 4 rings (SSSR count). The lowest BCUT2D eigenvalue weighted by atomic mass is 9.85. The molecule has 1 aromatic heterocycles. The Labute approximate surface area is 201 Å². The number of nitrogens with zero attached hydrogens (tertiary/aromatic N) is 1. The summed E-state index contributed by atoms with van der Waals surface area (Å²) in [6.07, 6.45) is 4.68. The predicted molar refractivity (Wildman–Crippen MR) is 128 cm³/mol. The van der Waals surface area contributed by atoms with Crippen molar-refractivity contribution in [3.8, 4) is 11.3 Å². The number of carboxylic acids is 1. The summed E-state index contributed by atoms with van der Waals surface area (Å²) in [6.45, 7) is 0. The van der Waals surface area contributed by atoms with Crippen molar-refractivity contribution in [3.63, 3.8) is 0 Å². The topological polar surface area (TPSA) is 50.2 Å². The van der Waals surface area contributed by atoms with Gasteiger partial charge < -0.3 is 5.11 Å². The second kappa shape index (κ2) is 10.6. The third-order valence-electron chi connectivity index (χ3n) is 6.32. The summed E-state index contributed by atoms with van der Waals surface area (Å²) in [4.78, 5) is 16.7. The number of pyridine rings is 1. The molecule has 0 spiro atoms.